The highest BCUT2D eigenvalue weighted by molar-refractivity contribution is 9.08. The lowest BCUT2D eigenvalue weighted by molar-refractivity contribution is 0.209. The zero-order valence-electron chi connectivity index (χ0n) is 7.91. The number of aromatic nitrogens is 1. The van der Waals surface area contributed by atoms with Crippen molar-refractivity contribution in [2.75, 3.05) is 5.32 Å². The number of nitrogens with zero attached hydrogens (tertiary/aromatic N) is 1. The fourth-order valence-corrected chi connectivity index (χ4v) is 0.914. The second kappa shape index (κ2) is 4.06. The van der Waals surface area contributed by atoms with Gasteiger partial charge in [-0.2, -0.15) is 0 Å². The Bertz CT molecular complexity index is 354. The summed E-state index contributed by atoms with van der Waals surface area (Å²) in [7, 11) is 0. The number of rotatable bonds is 2. The molecule has 5 heteroatoms. The van der Waals surface area contributed by atoms with Gasteiger partial charge >= 0.3 is 6.09 Å². The van der Waals surface area contributed by atoms with Crippen LogP contribution in [-0.2, 0) is 5.28 Å². The van der Waals surface area contributed by atoms with Gasteiger partial charge in [0.1, 0.15) is 5.82 Å². The molecule has 0 unspecified atom stereocenters. The topological polar surface area (TPSA) is 62.2 Å². The minimum Gasteiger partial charge on any atom is -0.465 e. The molecule has 0 aliphatic heterocycles. The number of carbonyl (C=O) groups is 1. The number of pyridine rings is 1. The minimum atomic E-state index is -1.69. The Hall–Kier alpha value is -1.10. The average Bonchev–Trinajstić information content (AvgIpc) is 2.01. The second-order valence-electron chi connectivity index (χ2n) is 1.95. The third-order valence-electron chi connectivity index (χ3n) is 1.10. The van der Waals surface area contributed by atoms with Crippen LogP contribution >= 0.6 is 15.9 Å². The van der Waals surface area contributed by atoms with Crippen molar-refractivity contribution < 1.29 is 12.6 Å². The summed E-state index contributed by atoms with van der Waals surface area (Å²) in [5.74, 6) is 0.0957. The van der Waals surface area contributed by atoms with Gasteiger partial charge < -0.3 is 5.11 Å². The normalized spacial score (nSPS) is 13.1. The lowest BCUT2D eigenvalue weighted by Crippen LogP contribution is -2.08. The smallest absolute Gasteiger partial charge is 0.410 e. The molecule has 64 valence electrons. The Labute approximate surface area is 80.6 Å². The predicted molar refractivity (Wildman–Crippen MR) is 48.5 cm³/mol. The number of carboxylic acid groups (broad SMARTS) is 1. The SMILES string of the molecule is [2H]C([2H])(Br)c1ccnc(NC(=O)O)c1. The second-order valence-corrected chi connectivity index (χ2v) is 2.35. The lowest BCUT2D eigenvalue weighted by atomic mass is 10.3. The summed E-state index contributed by atoms with van der Waals surface area (Å²) in [6, 6.07) is 2.78. The molecule has 1 rings (SSSR count). The van der Waals surface area contributed by atoms with Crippen LogP contribution < -0.4 is 5.32 Å². The van der Waals surface area contributed by atoms with Crippen LogP contribution in [0.25, 0.3) is 0 Å². The highest BCUT2D eigenvalue weighted by atomic mass is 79.9. The first kappa shape index (κ1) is 6.42. The van der Waals surface area contributed by atoms with Crippen LogP contribution in [0.3, 0.4) is 0 Å². The van der Waals surface area contributed by atoms with E-state index < -0.39 is 11.4 Å². The minimum absolute atomic E-state index is 0.0957. The first-order valence-electron chi connectivity index (χ1n) is 4.05. The molecule has 2 N–H and O–H groups in total. The van der Waals surface area contributed by atoms with E-state index in [9.17, 15) is 4.79 Å². The van der Waals surface area contributed by atoms with Gasteiger partial charge in [-0.15, -0.1) is 0 Å². The maximum absolute atomic E-state index is 10.3. The molecule has 0 aromatic carbocycles. The van der Waals surface area contributed by atoms with Crippen molar-refractivity contribution >= 4 is 27.8 Å². The summed E-state index contributed by atoms with van der Waals surface area (Å²) in [6.07, 6.45) is 0.101. The number of nitrogens with one attached hydrogen (secondary N) is 1. The molecule has 0 aliphatic carbocycles. The van der Waals surface area contributed by atoms with Crippen molar-refractivity contribution in [1.82, 2.24) is 4.98 Å². The first-order chi connectivity index (χ1) is 6.39. The fraction of sp³-hybridized carbons (Fsp3) is 0.143. The van der Waals surface area contributed by atoms with Crippen LogP contribution in [0.2, 0.25) is 0 Å². The van der Waals surface area contributed by atoms with E-state index in [0.717, 1.165) is 0 Å². The molecule has 1 aromatic rings. The molecule has 1 aromatic heterocycles. The van der Waals surface area contributed by atoms with Crippen molar-refractivity contribution in [3.8, 4) is 0 Å². The first-order valence-corrected chi connectivity index (χ1v) is 3.84. The third kappa shape index (κ3) is 2.50. The van der Waals surface area contributed by atoms with Gasteiger partial charge in [-0.05, 0) is 17.7 Å². The standard InChI is InChI=1S/C7H7BrN2O2/c8-4-5-1-2-9-6(3-5)10-7(11)12/h1-3H,4H2,(H,9,10)(H,11,12)/i4D2. The summed E-state index contributed by atoms with van der Waals surface area (Å²) >= 11 is 2.82. The Morgan fingerprint density at radius 3 is 3.25 bits per heavy atom. The van der Waals surface area contributed by atoms with Crippen LogP contribution in [0.1, 0.15) is 8.30 Å². The van der Waals surface area contributed by atoms with Gasteiger partial charge in [0, 0.05) is 14.2 Å². The van der Waals surface area contributed by atoms with Gasteiger partial charge in [0.05, 0.1) is 0 Å². The summed E-state index contributed by atoms with van der Waals surface area (Å²) in [6.45, 7) is 0. The maximum atomic E-state index is 10.3. The lowest BCUT2D eigenvalue weighted by Gasteiger charge is -2.00. The van der Waals surface area contributed by atoms with E-state index in [0.29, 0.717) is 5.56 Å². The highest BCUT2D eigenvalue weighted by Gasteiger charge is 1.98. The molecular formula is C7H7BrN2O2. The van der Waals surface area contributed by atoms with E-state index in [1.54, 1.807) is 0 Å². The van der Waals surface area contributed by atoms with Crippen LogP contribution in [0.4, 0.5) is 10.6 Å². The average molecular weight is 233 g/mol. The van der Waals surface area contributed by atoms with E-state index in [1.165, 1.54) is 18.3 Å². The van der Waals surface area contributed by atoms with Crippen molar-refractivity contribution in [2.24, 2.45) is 0 Å². The molecule has 0 atom stereocenters. The number of hydrogen-bond acceptors (Lipinski definition) is 2. The molecule has 12 heavy (non-hydrogen) atoms. The van der Waals surface area contributed by atoms with Crippen molar-refractivity contribution in [3.05, 3.63) is 23.9 Å². The van der Waals surface area contributed by atoms with Gasteiger partial charge in [-0.1, -0.05) is 15.9 Å². The summed E-state index contributed by atoms with van der Waals surface area (Å²) in [4.78, 5) is 14.0. The molecular weight excluding hydrogens is 224 g/mol. The molecule has 0 aliphatic rings. The van der Waals surface area contributed by atoms with Crippen LogP contribution in [0, 0.1) is 0 Å². The molecule has 4 nitrogen and oxygen atoms in total. The Morgan fingerprint density at radius 2 is 2.67 bits per heavy atom. The molecule has 1 heterocycles. The van der Waals surface area contributed by atoms with Crippen LogP contribution in [0.5, 0.6) is 0 Å². The van der Waals surface area contributed by atoms with Crippen molar-refractivity contribution in [2.45, 2.75) is 5.28 Å². The number of alkyl halides is 1. The predicted octanol–water partition coefficient (Wildman–Crippen LogP) is 2.07. The zero-order valence-corrected chi connectivity index (χ0v) is 7.50. The van der Waals surface area contributed by atoms with Gasteiger partial charge in [0.15, 0.2) is 0 Å². The van der Waals surface area contributed by atoms with Gasteiger partial charge in [0.2, 0.25) is 0 Å². The van der Waals surface area contributed by atoms with Gasteiger partial charge in [0.25, 0.3) is 0 Å². The van der Waals surface area contributed by atoms with Crippen LogP contribution in [0.15, 0.2) is 18.3 Å². The highest BCUT2D eigenvalue weighted by Crippen LogP contribution is 2.09. The van der Waals surface area contributed by atoms with E-state index in [1.807, 2.05) is 5.32 Å². The van der Waals surface area contributed by atoms with E-state index in [-0.39, 0.29) is 5.82 Å². The summed E-state index contributed by atoms with van der Waals surface area (Å²) in [5, 5.41) is 8.75. The third-order valence-corrected chi connectivity index (χ3v) is 1.56. The number of amides is 1. The van der Waals surface area contributed by atoms with Crippen molar-refractivity contribution in [1.29, 1.82) is 0 Å². The summed E-state index contributed by atoms with van der Waals surface area (Å²) in [5.41, 5.74) is 0.302. The Kier molecular flexibility index (Phi) is 2.17. The van der Waals surface area contributed by atoms with Gasteiger partial charge in [-0.25, -0.2) is 9.78 Å². The molecule has 1 amide bonds. The molecule has 0 radical (unpaired) electrons. The molecule has 0 fully saturated rings. The Balaban J connectivity index is 2.95. The van der Waals surface area contributed by atoms with Gasteiger partial charge in [-0.3, -0.25) is 5.32 Å². The molecule has 0 saturated heterocycles. The Morgan fingerprint density at radius 1 is 1.92 bits per heavy atom. The van der Waals surface area contributed by atoms with E-state index in [4.69, 9.17) is 7.85 Å². The number of anilines is 1. The molecule has 0 saturated carbocycles. The molecule has 0 bridgehead atoms. The fourth-order valence-electron chi connectivity index (χ4n) is 0.667. The monoisotopic (exact) mass is 232 g/mol. The van der Waals surface area contributed by atoms with Crippen LogP contribution in [-0.4, -0.2) is 16.2 Å². The maximum Gasteiger partial charge on any atom is 0.410 e. The number of halogens is 1. The summed E-state index contributed by atoms with van der Waals surface area (Å²) < 4.78 is 14.7. The zero-order chi connectivity index (χ0) is 10.8. The number of hydrogen-bond donors (Lipinski definition) is 2. The van der Waals surface area contributed by atoms with E-state index in [2.05, 4.69) is 20.9 Å². The van der Waals surface area contributed by atoms with E-state index >= 15 is 0 Å². The largest absolute Gasteiger partial charge is 0.465 e. The van der Waals surface area contributed by atoms with Crippen molar-refractivity contribution in [3.63, 3.8) is 0 Å². The molecule has 0 spiro atoms. The quantitative estimate of drug-likeness (QED) is 0.768.